The van der Waals surface area contributed by atoms with E-state index in [-0.39, 0.29) is 0 Å². The van der Waals surface area contributed by atoms with Crippen LogP contribution in [0, 0.1) is 6.92 Å². The van der Waals surface area contributed by atoms with Gasteiger partial charge in [0.25, 0.3) is 0 Å². The molecule has 0 atom stereocenters. The van der Waals surface area contributed by atoms with Gasteiger partial charge in [-0.25, -0.2) is 0 Å². The number of hydrogen-bond acceptors (Lipinski definition) is 2. The highest BCUT2D eigenvalue weighted by Crippen LogP contribution is 2.24. The van der Waals surface area contributed by atoms with Crippen molar-refractivity contribution in [3.8, 4) is 0 Å². The maximum atomic E-state index is 5.66. The molecule has 0 aliphatic heterocycles. The molecule has 0 bridgehead atoms. The van der Waals surface area contributed by atoms with Gasteiger partial charge < -0.3 is 9.73 Å². The van der Waals surface area contributed by atoms with Gasteiger partial charge in [0.2, 0.25) is 0 Å². The van der Waals surface area contributed by atoms with Gasteiger partial charge >= 0.3 is 0 Å². The molecule has 1 heterocycles. The van der Waals surface area contributed by atoms with Crippen LogP contribution in [0.15, 0.2) is 41.3 Å². The summed E-state index contributed by atoms with van der Waals surface area (Å²) in [6, 6.07) is 8.12. The second-order valence-electron chi connectivity index (χ2n) is 3.55. The van der Waals surface area contributed by atoms with Crippen molar-refractivity contribution in [3.63, 3.8) is 0 Å². The van der Waals surface area contributed by atoms with E-state index in [4.69, 9.17) is 4.42 Å². The van der Waals surface area contributed by atoms with Crippen molar-refractivity contribution in [1.82, 2.24) is 5.32 Å². The average Bonchev–Trinajstić information content (AvgIpc) is 2.56. The fourth-order valence-electron chi connectivity index (χ4n) is 1.74. The van der Waals surface area contributed by atoms with E-state index in [1.807, 2.05) is 31.2 Å². The lowest BCUT2D eigenvalue weighted by Crippen LogP contribution is -2.12. The third-order valence-electron chi connectivity index (χ3n) is 2.49. The van der Waals surface area contributed by atoms with Crippen LogP contribution >= 0.6 is 0 Å². The van der Waals surface area contributed by atoms with Crippen LogP contribution in [0.1, 0.15) is 11.3 Å². The number of benzene rings is 1. The molecule has 1 N–H and O–H groups in total. The first kappa shape index (κ1) is 9.99. The SMILES string of the molecule is C=CCNCc1c(C)oc2ccccc12. The summed E-state index contributed by atoms with van der Waals surface area (Å²) in [6.07, 6.45) is 1.86. The zero-order chi connectivity index (χ0) is 10.7. The molecule has 15 heavy (non-hydrogen) atoms. The van der Waals surface area contributed by atoms with Crippen LogP contribution in [0.5, 0.6) is 0 Å². The Hall–Kier alpha value is -1.54. The van der Waals surface area contributed by atoms with Crippen molar-refractivity contribution in [3.05, 3.63) is 48.2 Å². The number of nitrogens with one attached hydrogen (secondary N) is 1. The summed E-state index contributed by atoms with van der Waals surface area (Å²) in [4.78, 5) is 0. The van der Waals surface area contributed by atoms with Gasteiger partial charge in [-0.2, -0.15) is 0 Å². The molecule has 0 saturated heterocycles. The monoisotopic (exact) mass is 201 g/mol. The molecule has 0 saturated carbocycles. The van der Waals surface area contributed by atoms with Gasteiger partial charge in [-0.3, -0.25) is 0 Å². The van der Waals surface area contributed by atoms with Gasteiger partial charge in [-0.15, -0.1) is 6.58 Å². The minimum absolute atomic E-state index is 0.818. The van der Waals surface area contributed by atoms with Crippen molar-refractivity contribution in [1.29, 1.82) is 0 Å². The van der Waals surface area contributed by atoms with Crippen LogP contribution in [0.3, 0.4) is 0 Å². The first-order valence-corrected chi connectivity index (χ1v) is 5.11. The van der Waals surface area contributed by atoms with Crippen LogP contribution in [0.25, 0.3) is 11.0 Å². The molecule has 78 valence electrons. The zero-order valence-electron chi connectivity index (χ0n) is 8.92. The standard InChI is InChI=1S/C13H15NO/c1-3-8-14-9-12-10(2)15-13-7-5-4-6-11(12)13/h3-7,14H,1,8-9H2,2H3. The summed E-state index contributed by atoms with van der Waals surface area (Å²) in [5.74, 6) is 0.993. The van der Waals surface area contributed by atoms with E-state index in [0.29, 0.717) is 0 Å². The number of fused-ring (bicyclic) bond motifs is 1. The van der Waals surface area contributed by atoms with Gasteiger partial charge in [0.1, 0.15) is 11.3 Å². The Morgan fingerprint density at radius 2 is 2.20 bits per heavy atom. The Labute approximate surface area is 89.6 Å². The lowest BCUT2D eigenvalue weighted by molar-refractivity contribution is 0.568. The largest absolute Gasteiger partial charge is 0.461 e. The maximum Gasteiger partial charge on any atom is 0.134 e. The predicted octanol–water partition coefficient (Wildman–Crippen LogP) is 3.02. The van der Waals surface area contributed by atoms with Crippen LogP contribution in [-0.4, -0.2) is 6.54 Å². The van der Waals surface area contributed by atoms with E-state index in [0.717, 1.165) is 24.4 Å². The Balaban J connectivity index is 2.32. The molecule has 2 heteroatoms. The summed E-state index contributed by atoms with van der Waals surface area (Å²) in [6.45, 7) is 7.33. The average molecular weight is 201 g/mol. The fourth-order valence-corrected chi connectivity index (χ4v) is 1.74. The highest BCUT2D eigenvalue weighted by Gasteiger charge is 2.08. The molecule has 2 nitrogen and oxygen atoms in total. The molecule has 0 amide bonds. The van der Waals surface area contributed by atoms with Gasteiger partial charge in [-0.1, -0.05) is 24.3 Å². The summed E-state index contributed by atoms with van der Waals surface area (Å²) in [5.41, 5.74) is 2.21. The molecule has 2 aromatic rings. The molecule has 1 aromatic heterocycles. The van der Waals surface area contributed by atoms with E-state index in [1.165, 1.54) is 10.9 Å². The van der Waals surface area contributed by atoms with E-state index in [2.05, 4.69) is 18.0 Å². The van der Waals surface area contributed by atoms with E-state index in [1.54, 1.807) is 0 Å². The Morgan fingerprint density at radius 3 is 3.00 bits per heavy atom. The number of furan rings is 1. The van der Waals surface area contributed by atoms with Crippen molar-refractivity contribution in [2.24, 2.45) is 0 Å². The fraction of sp³-hybridized carbons (Fsp3) is 0.231. The van der Waals surface area contributed by atoms with Gasteiger partial charge in [0.05, 0.1) is 0 Å². The van der Waals surface area contributed by atoms with Crippen LogP contribution in [0.4, 0.5) is 0 Å². The summed E-state index contributed by atoms with van der Waals surface area (Å²) >= 11 is 0. The Bertz CT molecular complexity index is 470. The number of para-hydroxylation sites is 1. The first-order valence-electron chi connectivity index (χ1n) is 5.11. The van der Waals surface area contributed by atoms with Crippen LogP contribution in [0.2, 0.25) is 0 Å². The lowest BCUT2D eigenvalue weighted by atomic mass is 10.1. The van der Waals surface area contributed by atoms with Crippen LogP contribution in [-0.2, 0) is 6.54 Å². The molecule has 0 radical (unpaired) electrons. The van der Waals surface area contributed by atoms with E-state index < -0.39 is 0 Å². The smallest absolute Gasteiger partial charge is 0.134 e. The summed E-state index contributed by atoms with van der Waals surface area (Å²) in [7, 11) is 0. The summed E-state index contributed by atoms with van der Waals surface area (Å²) in [5, 5.41) is 4.49. The Kier molecular flexibility index (Phi) is 2.88. The van der Waals surface area contributed by atoms with Crippen molar-refractivity contribution in [2.75, 3.05) is 6.54 Å². The molecule has 1 aromatic carbocycles. The Morgan fingerprint density at radius 1 is 1.40 bits per heavy atom. The molecule has 0 aliphatic carbocycles. The molecule has 0 aliphatic rings. The molecule has 0 spiro atoms. The highest BCUT2D eigenvalue weighted by atomic mass is 16.3. The third-order valence-corrected chi connectivity index (χ3v) is 2.49. The van der Waals surface area contributed by atoms with E-state index in [9.17, 15) is 0 Å². The minimum atomic E-state index is 0.818. The summed E-state index contributed by atoms with van der Waals surface area (Å²) < 4.78 is 5.66. The predicted molar refractivity (Wildman–Crippen MR) is 62.9 cm³/mol. The second kappa shape index (κ2) is 4.32. The number of aryl methyl sites for hydroxylation is 1. The van der Waals surface area contributed by atoms with Crippen LogP contribution < -0.4 is 5.32 Å². The number of rotatable bonds is 4. The second-order valence-corrected chi connectivity index (χ2v) is 3.55. The highest BCUT2D eigenvalue weighted by molar-refractivity contribution is 5.82. The number of hydrogen-bond donors (Lipinski definition) is 1. The zero-order valence-corrected chi connectivity index (χ0v) is 8.92. The van der Waals surface area contributed by atoms with Crippen molar-refractivity contribution in [2.45, 2.75) is 13.5 Å². The maximum absolute atomic E-state index is 5.66. The van der Waals surface area contributed by atoms with Crippen molar-refractivity contribution >= 4 is 11.0 Å². The minimum Gasteiger partial charge on any atom is -0.461 e. The van der Waals surface area contributed by atoms with Gasteiger partial charge in [0, 0.05) is 24.0 Å². The molecule has 0 unspecified atom stereocenters. The molecule has 0 fully saturated rings. The van der Waals surface area contributed by atoms with Gasteiger partial charge in [-0.05, 0) is 13.0 Å². The molecular formula is C13H15NO. The normalized spacial score (nSPS) is 10.7. The quantitative estimate of drug-likeness (QED) is 0.607. The first-order chi connectivity index (χ1) is 7.33. The van der Waals surface area contributed by atoms with Crippen molar-refractivity contribution < 1.29 is 4.42 Å². The van der Waals surface area contributed by atoms with Gasteiger partial charge in [0.15, 0.2) is 0 Å². The third kappa shape index (κ3) is 1.95. The molecule has 2 rings (SSSR count). The molecular weight excluding hydrogens is 186 g/mol. The van der Waals surface area contributed by atoms with E-state index >= 15 is 0 Å². The lowest BCUT2D eigenvalue weighted by Gasteiger charge is -2.00. The topological polar surface area (TPSA) is 25.2 Å².